The first-order valence-electron chi connectivity index (χ1n) is 4.58. The van der Waals surface area contributed by atoms with Crippen molar-refractivity contribution >= 4 is 16.9 Å². The lowest BCUT2D eigenvalue weighted by atomic mass is 10.3. The fourth-order valence-electron chi connectivity index (χ4n) is 1.59. The third-order valence-electron chi connectivity index (χ3n) is 2.33. The molecule has 0 unspecified atom stereocenters. The summed E-state index contributed by atoms with van der Waals surface area (Å²) >= 11 is 0. The molecular weight excluding hydrogens is 192 g/mol. The molecule has 2 aromatic rings. The van der Waals surface area contributed by atoms with Gasteiger partial charge in [0, 0.05) is 7.05 Å². The van der Waals surface area contributed by atoms with Gasteiger partial charge in [-0.1, -0.05) is 6.08 Å². The smallest absolute Gasteiger partial charge is 0.276 e. The number of rotatable bonds is 2. The summed E-state index contributed by atoms with van der Waals surface area (Å²) in [6.45, 7) is 4.07. The summed E-state index contributed by atoms with van der Waals surface area (Å²) in [5.74, 6) is 0.411. The molecule has 5 nitrogen and oxygen atoms in total. The molecule has 0 spiro atoms. The van der Waals surface area contributed by atoms with E-state index >= 15 is 0 Å². The van der Waals surface area contributed by atoms with Crippen LogP contribution < -0.4 is 11.3 Å². The van der Waals surface area contributed by atoms with Gasteiger partial charge in [-0.25, -0.2) is 9.67 Å². The third kappa shape index (κ3) is 1.32. The number of aryl methyl sites for hydroxylation is 1. The molecule has 5 heteroatoms. The van der Waals surface area contributed by atoms with Gasteiger partial charge >= 0.3 is 0 Å². The Bertz CT molecular complexity index is 579. The molecule has 2 N–H and O–H groups in total. The number of nitrogens with zero attached hydrogens (tertiary/aromatic N) is 3. The van der Waals surface area contributed by atoms with Crippen LogP contribution in [0.5, 0.6) is 0 Å². The van der Waals surface area contributed by atoms with Crippen LogP contribution in [0.2, 0.25) is 0 Å². The lowest BCUT2D eigenvalue weighted by Gasteiger charge is -2.02. The van der Waals surface area contributed by atoms with Crippen LogP contribution in [0.25, 0.3) is 11.0 Å². The third-order valence-corrected chi connectivity index (χ3v) is 2.33. The molecule has 0 aliphatic rings. The van der Waals surface area contributed by atoms with E-state index in [-0.39, 0.29) is 5.56 Å². The number of hydrogen-bond acceptors (Lipinski definition) is 3. The maximum Gasteiger partial charge on any atom is 0.276 e. The van der Waals surface area contributed by atoms with Crippen molar-refractivity contribution in [2.75, 3.05) is 5.73 Å². The van der Waals surface area contributed by atoms with E-state index in [2.05, 4.69) is 11.6 Å². The van der Waals surface area contributed by atoms with Crippen molar-refractivity contribution in [3.8, 4) is 0 Å². The summed E-state index contributed by atoms with van der Waals surface area (Å²) in [4.78, 5) is 16.0. The molecule has 0 amide bonds. The first kappa shape index (κ1) is 9.51. The minimum absolute atomic E-state index is 0.0695. The molecule has 0 aliphatic carbocycles. The summed E-state index contributed by atoms with van der Waals surface area (Å²) in [5.41, 5.74) is 6.10. The van der Waals surface area contributed by atoms with Gasteiger partial charge in [-0.3, -0.25) is 9.48 Å². The van der Waals surface area contributed by atoms with E-state index in [1.54, 1.807) is 34.6 Å². The maximum atomic E-state index is 11.9. The molecule has 0 radical (unpaired) electrons. The zero-order valence-corrected chi connectivity index (χ0v) is 8.47. The Morgan fingerprint density at radius 3 is 3.00 bits per heavy atom. The Hall–Kier alpha value is -2.04. The maximum absolute atomic E-state index is 11.9. The van der Waals surface area contributed by atoms with Crippen molar-refractivity contribution in [3.05, 3.63) is 35.1 Å². The first-order valence-corrected chi connectivity index (χ1v) is 4.58. The largest absolute Gasteiger partial charge is 0.384 e. The molecule has 0 saturated carbocycles. The van der Waals surface area contributed by atoms with Crippen LogP contribution in [0.15, 0.2) is 29.6 Å². The van der Waals surface area contributed by atoms with Gasteiger partial charge in [0.1, 0.15) is 5.82 Å². The number of allylic oxidation sites excluding steroid dienone is 1. The Morgan fingerprint density at radius 2 is 2.33 bits per heavy atom. The Labute approximate surface area is 86.4 Å². The molecule has 0 aromatic carbocycles. The van der Waals surface area contributed by atoms with Crippen molar-refractivity contribution in [1.82, 2.24) is 14.3 Å². The fraction of sp³-hybridized carbons (Fsp3) is 0.200. The van der Waals surface area contributed by atoms with Gasteiger partial charge in [-0.15, -0.1) is 6.58 Å². The highest BCUT2D eigenvalue weighted by Crippen LogP contribution is 2.09. The number of aromatic nitrogens is 3. The summed E-state index contributed by atoms with van der Waals surface area (Å²) in [7, 11) is 1.78. The van der Waals surface area contributed by atoms with Crippen LogP contribution >= 0.6 is 0 Å². The van der Waals surface area contributed by atoms with Gasteiger partial charge in [0.05, 0.1) is 11.9 Å². The first-order chi connectivity index (χ1) is 7.15. The van der Waals surface area contributed by atoms with Gasteiger partial charge < -0.3 is 5.73 Å². The van der Waals surface area contributed by atoms with E-state index in [1.165, 1.54) is 0 Å². The molecule has 0 atom stereocenters. The van der Waals surface area contributed by atoms with Gasteiger partial charge in [-0.05, 0) is 12.1 Å². The zero-order chi connectivity index (χ0) is 11.0. The van der Waals surface area contributed by atoms with E-state index in [0.717, 1.165) is 0 Å². The quantitative estimate of drug-likeness (QED) is 0.724. The van der Waals surface area contributed by atoms with E-state index in [0.29, 0.717) is 23.4 Å². The van der Waals surface area contributed by atoms with Crippen LogP contribution in [0.1, 0.15) is 0 Å². The van der Waals surface area contributed by atoms with Gasteiger partial charge in [0.25, 0.3) is 5.56 Å². The molecule has 78 valence electrons. The summed E-state index contributed by atoms with van der Waals surface area (Å²) < 4.78 is 3.25. The molecular formula is C10H12N4O. The Kier molecular flexibility index (Phi) is 2.07. The molecule has 0 aliphatic heterocycles. The molecule has 2 aromatic heterocycles. The highest BCUT2D eigenvalue weighted by atomic mass is 16.1. The fourth-order valence-corrected chi connectivity index (χ4v) is 1.59. The topological polar surface area (TPSA) is 65.8 Å². The lowest BCUT2D eigenvalue weighted by molar-refractivity contribution is 0.554. The average molecular weight is 204 g/mol. The van der Waals surface area contributed by atoms with Crippen molar-refractivity contribution in [3.63, 3.8) is 0 Å². The van der Waals surface area contributed by atoms with Crippen LogP contribution in [-0.4, -0.2) is 14.3 Å². The van der Waals surface area contributed by atoms with Crippen LogP contribution in [-0.2, 0) is 13.6 Å². The molecule has 2 rings (SSSR count). The molecule has 0 bridgehead atoms. The summed E-state index contributed by atoms with van der Waals surface area (Å²) in [6, 6.07) is 3.32. The second-order valence-electron chi connectivity index (χ2n) is 3.31. The number of fused-ring (bicyclic) bond motifs is 1. The van der Waals surface area contributed by atoms with Gasteiger partial charge in [0.2, 0.25) is 0 Å². The van der Waals surface area contributed by atoms with E-state index < -0.39 is 0 Å². The van der Waals surface area contributed by atoms with Crippen LogP contribution in [0, 0.1) is 0 Å². The van der Waals surface area contributed by atoms with Crippen LogP contribution in [0.4, 0.5) is 5.82 Å². The van der Waals surface area contributed by atoms with Gasteiger partial charge in [0.15, 0.2) is 5.65 Å². The van der Waals surface area contributed by atoms with Crippen molar-refractivity contribution < 1.29 is 0 Å². The highest BCUT2D eigenvalue weighted by Gasteiger charge is 2.10. The standard InChI is InChI=1S/C10H12N4O/c1-3-6-14-10(15)7-4-5-8(11)12-9(7)13(14)2/h3-5H,1,6H2,2H3,(H2,11,12). The minimum Gasteiger partial charge on any atom is -0.384 e. The number of nitrogens with two attached hydrogens (primary N) is 1. The summed E-state index contributed by atoms with van der Waals surface area (Å²) in [5, 5.41) is 0.577. The molecule has 2 heterocycles. The average Bonchev–Trinajstić information content (AvgIpc) is 2.44. The zero-order valence-electron chi connectivity index (χ0n) is 8.47. The van der Waals surface area contributed by atoms with Gasteiger partial charge in [-0.2, -0.15) is 0 Å². The van der Waals surface area contributed by atoms with E-state index in [4.69, 9.17) is 5.73 Å². The number of hydrogen-bond donors (Lipinski definition) is 1. The number of nitrogen functional groups attached to an aromatic ring is 1. The SMILES string of the molecule is C=CCn1c(=O)c2ccc(N)nc2n1C. The molecule has 15 heavy (non-hydrogen) atoms. The molecule has 0 saturated heterocycles. The monoisotopic (exact) mass is 204 g/mol. The number of anilines is 1. The predicted molar refractivity (Wildman–Crippen MR) is 59.6 cm³/mol. The minimum atomic E-state index is -0.0695. The number of pyridine rings is 1. The predicted octanol–water partition coefficient (Wildman–Crippen LogP) is 0.503. The lowest BCUT2D eigenvalue weighted by Crippen LogP contribution is -2.20. The van der Waals surface area contributed by atoms with E-state index in [1.807, 2.05) is 0 Å². The Morgan fingerprint density at radius 1 is 1.60 bits per heavy atom. The second-order valence-corrected chi connectivity index (χ2v) is 3.31. The van der Waals surface area contributed by atoms with Crippen molar-refractivity contribution in [2.45, 2.75) is 6.54 Å². The Balaban J connectivity index is 2.85. The van der Waals surface area contributed by atoms with Crippen molar-refractivity contribution in [2.24, 2.45) is 7.05 Å². The van der Waals surface area contributed by atoms with E-state index in [9.17, 15) is 4.79 Å². The van der Waals surface area contributed by atoms with Crippen LogP contribution in [0.3, 0.4) is 0 Å². The summed E-state index contributed by atoms with van der Waals surface area (Å²) in [6.07, 6.45) is 1.67. The normalized spacial score (nSPS) is 10.7. The highest BCUT2D eigenvalue weighted by molar-refractivity contribution is 5.76. The molecule has 0 fully saturated rings. The van der Waals surface area contributed by atoms with Crippen molar-refractivity contribution in [1.29, 1.82) is 0 Å². The second kappa shape index (κ2) is 3.27.